The van der Waals surface area contributed by atoms with Gasteiger partial charge in [0.2, 0.25) is 0 Å². The summed E-state index contributed by atoms with van der Waals surface area (Å²) in [6.45, 7) is 3.88. The van der Waals surface area contributed by atoms with Crippen LogP contribution in [0.4, 0.5) is 0 Å². The Bertz CT molecular complexity index is 814. The number of hydrogen-bond donors (Lipinski definition) is 0. The Balaban J connectivity index is 0.000000173. The number of rotatable bonds is 2. The molecule has 0 unspecified atom stereocenters. The molecule has 1 aromatic carbocycles. The van der Waals surface area contributed by atoms with E-state index in [9.17, 15) is 0 Å². The van der Waals surface area contributed by atoms with Gasteiger partial charge in [0.25, 0.3) is 0 Å². The first-order valence-electron chi connectivity index (χ1n) is 7.60. The first-order chi connectivity index (χ1) is 11.7. The van der Waals surface area contributed by atoms with Crippen molar-refractivity contribution >= 4 is 0 Å². The van der Waals surface area contributed by atoms with Crippen molar-refractivity contribution in [1.82, 2.24) is 24.7 Å². The van der Waals surface area contributed by atoms with Gasteiger partial charge in [0.05, 0.1) is 0 Å². The summed E-state index contributed by atoms with van der Waals surface area (Å²) in [5.74, 6) is 0.648. The van der Waals surface area contributed by atoms with Crippen molar-refractivity contribution in [3.05, 3.63) is 84.6 Å². The maximum Gasteiger partial charge on any atom is 0.0421 e. The smallest absolute Gasteiger partial charge is 0.0421 e. The Morgan fingerprint density at radius 3 is 2.40 bits per heavy atom. The molecule has 3 aromatic heterocycles. The van der Waals surface area contributed by atoms with Crippen LogP contribution in [0.1, 0.15) is 11.4 Å². The molecule has 0 atom stereocenters. The fourth-order valence-electron chi connectivity index (χ4n) is 2.05. The second-order valence-electron chi connectivity index (χ2n) is 5.14. The summed E-state index contributed by atoms with van der Waals surface area (Å²) in [6.07, 6.45) is 5.32. The van der Waals surface area contributed by atoms with Crippen molar-refractivity contribution in [2.75, 3.05) is 0 Å². The van der Waals surface area contributed by atoms with E-state index in [0.29, 0.717) is 5.95 Å². The summed E-state index contributed by atoms with van der Waals surface area (Å²) in [5, 5.41) is 4.03. The molecule has 0 fully saturated rings. The Morgan fingerprint density at radius 1 is 1.00 bits per heavy atom. The third kappa shape index (κ3) is 4.95. The van der Waals surface area contributed by atoms with Crippen LogP contribution in [0.25, 0.3) is 17.2 Å². The van der Waals surface area contributed by atoms with Gasteiger partial charge in [0.15, 0.2) is 0 Å². The normalized spacial score (nSPS) is 9.68. The van der Waals surface area contributed by atoms with Gasteiger partial charge in [-0.05, 0) is 49.3 Å². The zero-order valence-corrected chi connectivity index (χ0v) is 16.3. The number of benzene rings is 1. The summed E-state index contributed by atoms with van der Waals surface area (Å²) in [5.41, 5.74) is 3.93. The van der Waals surface area contributed by atoms with Crippen molar-refractivity contribution in [1.29, 1.82) is 0 Å². The van der Waals surface area contributed by atoms with E-state index in [4.69, 9.17) is 0 Å². The summed E-state index contributed by atoms with van der Waals surface area (Å²) < 4.78 is 1.65. The van der Waals surface area contributed by atoms with Crippen LogP contribution < -0.4 is 4.98 Å². The summed E-state index contributed by atoms with van der Waals surface area (Å²) in [7, 11) is 0. The molecule has 0 amide bonds. The predicted octanol–water partition coefficient (Wildman–Crippen LogP) is 3.39. The topological polar surface area (TPSA) is 57.7 Å². The largest absolute Gasteiger partial charge is 0.362 e. The molecule has 0 spiro atoms. The maximum atomic E-state index is 4.24. The molecule has 1 radical (unpaired) electrons. The van der Waals surface area contributed by atoms with Crippen molar-refractivity contribution in [3.8, 4) is 17.2 Å². The number of nitrogens with zero attached hydrogens (tertiary/aromatic N) is 5. The molecule has 6 heteroatoms. The Hall–Kier alpha value is -2.56. The van der Waals surface area contributed by atoms with E-state index < -0.39 is 0 Å². The first kappa shape index (κ1) is 18.8. The molecule has 3 heterocycles. The second-order valence-corrected chi connectivity index (χ2v) is 5.14. The van der Waals surface area contributed by atoms with Crippen molar-refractivity contribution < 1.29 is 20.1 Å². The molecule has 25 heavy (non-hydrogen) atoms. The molecule has 0 saturated heterocycles. The molecule has 0 aliphatic heterocycles. The van der Waals surface area contributed by atoms with Crippen LogP contribution in [0.5, 0.6) is 0 Å². The molecule has 4 rings (SSSR count). The average molecular weight is 508 g/mol. The van der Waals surface area contributed by atoms with Gasteiger partial charge in [-0.3, -0.25) is 0 Å². The van der Waals surface area contributed by atoms with Gasteiger partial charge in [0, 0.05) is 38.4 Å². The SMILES string of the molecule is Cc1nc(-n2cccn2)[n-]c1C.[Ir].[c-]1ccccc1-c1ccccn1. The minimum atomic E-state index is 0. The Kier molecular flexibility index (Phi) is 6.80. The third-order valence-corrected chi connectivity index (χ3v) is 3.42. The van der Waals surface area contributed by atoms with Crippen LogP contribution >= 0.6 is 0 Å². The van der Waals surface area contributed by atoms with E-state index in [1.807, 2.05) is 68.6 Å². The molecular weight excluding hydrogens is 490 g/mol. The van der Waals surface area contributed by atoms with Gasteiger partial charge in [0.1, 0.15) is 0 Å². The van der Waals surface area contributed by atoms with Gasteiger partial charge in [-0.15, -0.1) is 35.9 Å². The molecule has 5 nitrogen and oxygen atoms in total. The van der Waals surface area contributed by atoms with Crippen molar-refractivity contribution in [3.63, 3.8) is 0 Å². The number of pyridine rings is 1. The van der Waals surface area contributed by atoms with E-state index in [-0.39, 0.29) is 20.1 Å². The van der Waals surface area contributed by atoms with Crippen LogP contribution in [0.3, 0.4) is 0 Å². The van der Waals surface area contributed by atoms with Crippen LogP contribution in [-0.2, 0) is 20.1 Å². The second kappa shape index (κ2) is 9.06. The van der Waals surface area contributed by atoms with E-state index in [1.165, 1.54) is 0 Å². The van der Waals surface area contributed by atoms with Crippen LogP contribution in [0.2, 0.25) is 0 Å². The monoisotopic (exact) mass is 508 g/mol. The third-order valence-electron chi connectivity index (χ3n) is 3.42. The van der Waals surface area contributed by atoms with Gasteiger partial charge in [-0.25, -0.2) is 5.10 Å². The molecule has 0 saturated carbocycles. The summed E-state index contributed by atoms with van der Waals surface area (Å²) in [4.78, 5) is 12.7. The molecule has 0 aliphatic carbocycles. The van der Waals surface area contributed by atoms with Crippen LogP contribution in [0.15, 0.2) is 67.1 Å². The van der Waals surface area contributed by atoms with E-state index in [1.54, 1.807) is 17.1 Å². The minimum Gasteiger partial charge on any atom is -0.362 e. The molecule has 4 aromatic rings. The number of aromatic nitrogens is 5. The Labute approximate surface area is 160 Å². The minimum absolute atomic E-state index is 0. The maximum absolute atomic E-state index is 4.24. The van der Waals surface area contributed by atoms with Crippen LogP contribution in [0, 0.1) is 19.9 Å². The summed E-state index contributed by atoms with van der Waals surface area (Å²) >= 11 is 0. The van der Waals surface area contributed by atoms with E-state index >= 15 is 0 Å². The van der Waals surface area contributed by atoms with E-state index in [2.05, 4.69) is 26.1 Å². The zero-order chi connectivity index (χ0) is 16.8. The predicted molar refractivity (Wildman–Crippen MR) is 92.7 cm³/mol. The molecule has 0 bridgehead atoms. The number of aryl methyl sites for hydroxylation is 2. The molecule has 0 aliphatic rings. The van der Waals surface area contributed by atoms with Gasteiger partial charge < -0.3 is 19.6 Å². The van der Waals surface area contributed by atoms with Crippen molar-refractivity contribution in [2.24, 2.45) is 0 Å². The fraction of sp³-hybridized carbons (Fsp3) is 0.105. The zero-order valence-electron chi connectivity index (χ0n) is 13.9. The average Bonchev–Trinajstić information content (AvgIpc) is 3.28. The Morgan fingerprint density at radius 2 is 1.84 bits per heavy atom. The standard InChI is InChI=1S/C11H8N.C8H9N4.Ir/c1-2-6-10(7-3-1)11-8-4-5-9-12-11;1-6-7(2)11-8(10-6)12-5-3-4-9-12;/h1-6,8-9H;3-5H,1-2H3;/q2*-1;. The van der Waals surface area contributed by atoms with E-state index in [0.717, 1.165) is 22.6 Å². The van der Waals surface area contributed by atoms with Gasteiger partial charge in [-0.2, -0.15) is 0 Å². The van der Waals surface area contributed by atoms with Gasteiger partial charge in [-0.1, -0.05) is 12.1 Å². The molecule has 129 valence electrons. The van der Waals surface area contributed by atoms with Crippen LogP contribution in [-0.4, -0.2) is 19.7 Å². The first-order valence-corrected chi connectivity index (χ1v) is 7.60. The molecule has 0 N–H and O–H groups in total. The molecular formula is C19H17IrN5-2. The van der Waals surface area contributed by atoms with Gasteiger partial charge >= 0.3 is 0 Å². The number of hydrogen-bond acceptors (Lipinski definition) is 3. The van der Waals surface area contributed by atoms with Crippen molar-refractivity contribution in [2.45, 2.75) is 13.8 Å². The fourth-order valence-corrected chi connectivity index (χ4v) is 2.05. The quantitative estimate of drug-likeness (QED) is 0.391. The summed E-state index contributed by atoms with van der Waals surface area (Å²) in [6, 6.07) is 18.7. The number of imidazole rings is 1.